The summed E-state index contributed by atoms with van der Waals surface area (Å²) in [6, 6.07) is 3.26. The zero-order valence-corrected chi connectivity index (χ0v) is 12.6. The van der Waals surface area contributed by atoms with E-state index in [0.29, 0.717) is 18.8 Å². The van der Waals surface area contributed by atoms with Crippen molar-refractivity contribution in [1.82, 2.24) is 19.5 Å². The molecule has 0 fully saturated rings. The number of hydrogen-bond donors (Lipinski definition) is 2. The molecule has 2 aromatic rings. The summed E-state index contributed by atoms with van der Waals surface area (Å²) in [4.78, 5) is 0.838. The van der Waals surface area contributed by atoms with Crippen LogP contribution in [0.3, 0.4) is 0 Å². The van der Waals surface area contributed by atoms with Crippen molar-refractivity contribution in [3.8, 4) is 0 Å². The number of hydrogen-bond acceptors (Lipinski definition) is 6. The Morgan fingerprint density at radius 3 is 2.95 bits per heavy atom. The highest BCUT2D eigenvalue weighted by atomic mass is 32.2. The Balaban J connectivity index is 2.07. The number of aryl methyl sites for hydroxylation is 1. The molecular weight excluding hydrogens is 300 g/mol. The Labute approximate surface area is 121 Å². The number of sulfonamides is 1. The van der Waals surface area contributed by atoms with Crippen LogP contribution in [0.2, 0.25) is 0 Å². The molecule has 0 unspecified atom stereocenters. The Morgan fingerprint density at radius 2 is 2.25 bits per heavy atom. The van der Waals surface area contributed by atoms with E-state index in [1.807, 2.05) is 6.92 Å². The van der Waals surface area contributed by atoms with Crippen LogP contribution in [-0.2, 0) is 29.5 Å². The number of aromatic nitrogens is 3. The van der Waals surface area contributed by atoms with Gasteiger partial charge in [0.2, 0.25) is 10.0 Å². The zero-order valence-electron chi connectivity index (χ0n) is 11.0. The lowest BCUT2D eigenvalue weighted by atomic mass is 10.4. The third kappa shape index (κ3) is 3.42. The third-order valence-corrected chi connectivity index (χ3v) is 5.75. The minimum atomic E-state index is -3.55. The number of thiophene rings is 1. The smallest absolute Gasteiger partial charge is 0.250 e. The molecule has 7 nitrogen and oxygen atoms in total. The molecule has 0 amide bonds. The molecule has 0 aromatic carbocycles. The molecule has 0 aliphatic rings. The van der Waals surface area contributed by atoms with E-state index in [2.05, 4.69) is 14.9 Å². The number of nitrogens with one attached hydrogen (secondary N) is 1. The van der Waals surface area contributed by atoms with Gasteiger partial charge in [0.1, 0.15) is 16.4 Å². The van der Waals surface area contributed by atoms with Crippen molar-refractivity contribution in [3.63, 3.8) is 0 Å². The summed E-state index contributed by atoms with van der Waals surface area (Å²) in [5.74, 6) is 0.572. The Bertz CT molecular complexity index is 663. The van der Waals surface area contributed by atoms with Gasteiger partial charge in [0.05, 0.1) is 6.54 Å². The predicted molar refractivity (Wildman–Crippen MR) is 74.8 cm³/mol. The molecule has 110 valence electrons. The van der Waals surface area contributed by atoms with Crippen LogP contribution in [-0.4, -0.2) is 34.9 Å². The van der Waals surface area contributed by atoms with Gasteiger partial charge in [0.15, 0.2) is 0 Å². The van der Waals surface area contributed by atoms with Crippen LogP contribution < -0.4 is 4.72 Å². The van der Waals surface area contributed by atoms with Crippen LogP contribution in [0.15, 0.2) is 22.7 Å². The van der Waals surface area contributed by atoms with Crippen LogP contribution >= 0.6 is 11.3 Å². The predicted octanol–water partition coefficient (Wildman–Crippen LogP) is 0.373. The van der Waals surface area contributed by atoms with Gasteiger partial charge in [-0.15, -0.1) is 21.5 Å². The maximum Gasteiger partial charge on any atom is 0.250 e. The van der Waals surface area contributed by atoms with Gasteiger partial charge in [0, 0.05) is 24.4 Å². The molecule has 0 atom stereocenters. The Hall–Kier alpha value is -1.29. The first-order valence-electron chi connectivity index (χ1n) is 6.12. The van der Waals surface area contributed by atoms with Crippen LogP contribution in [0.1, 0.15) is 17.6 Å². The summed E-state index contributed by atoms with van der Waals surface area (Å²) in [5, 5.41) is 16.5. The normalized spacial score (nSPS) is 11.9. The average molecular weight is 316 g/mol. The number of nitrogens with zero attached hydrogens (tertiary/aromatic N) is 3. The zero-order chi connectivity index (χ0) is 14.6. The first kappa shape index (κ1) is 15.1. The van der Waals surface area contributed by atoms with E-state index in [-0.39, 0.29) is 17.4 Å². The van der Waals surface area contributed by atoms with Gasteiger partial charge in [-0.1, -0.05) is 0 Å². The fourth-order valence-electron chi connectivity index (χ4n) is 1.66. The molecule has 0 radical (unpaired) electrons. The molecule has 20 heavy (non-hydrogen) atoms. The van der Waals surface area contributed by atoms with E-state index < -0.39 is 10.0 Å². The molecule has 0 saturated carbocycles. The summed E-state index contributed by atoms with van der Waals surface area (Å²) in [7, 11) is -3.55. The molecule has 2 rings (SSSR count). The highest BCUT2D eigenvalue weighted by Crippen LogP contribution is 2.21. The lowest BCUT2D eigenvalue weighted by Gasteiger charge is -2.05. The maximum absolute atomic E-state index is 12.1. The van der Waals surface area contributed by atoms with Gasteiger partial charge in [-0.3, -0.25) is 0 Å². The van der Waals surface area contributed by atoms with Crippen molar-refractivity contribution in [2.45, 2.75) is 30.6 Å². The molecule has 0 aliphatic carbocycles. The van der Waals surface area contributed by atoms with Crippen molar-refractivity contribution in [2.24, 2.45) is 0 Å². The molecule has 2 heterocycles. The summed E-state index contributed by atoms with van der Waals surface area (Å²) in [6.45, 7) is 2.72. The van der Waals surface area contributed by atoms with E-state index in [9.17, 15) is 8.42 Å². The highest BCUT2D eigenvalue weighted by Gasteiger charge is 2.17. The molecule has 0 bridgehead atoms. The van der Waals surface area contributed by atoms with E-state index in [1.165, 1.54) is 0 Å². The molecule has 2 N–H and O–H groups in total. The van der Waals surface area contributed by atoms with E-state index >= 15 is 0 Å². The summed E-state index contributed by atoms with van der Waals surface area (Å²) < 4.78 is 28.8. The third-order valence-electron chi connectivity index (χ3n) is 2.72. The van der Waals surface area contributed by atoms with Crippen molar-refractivity contribution in [3.05, 3.63) is 29.2 Å². The standard InChI is InChI=1S/C11H16N4O3S2/c1-2-15-8-12-14-10(15)7-13-20(17,18)11-4-3-9(19-11)5-6-16/h3-4,8,13,16H,2,5-7H2,1H3. The SMILES string of the molecule is CCn1cnnc1CNS(=O)(=O)c1ccc(CCO)s1. The topological polar surface area (TPSA) is 97.1 Å². The second kappa shape index (κ2) is 6.44. The van der Waals surface area contributed by atoms with Gasteiger partial charge in [0.25, 0.3) is 0 Å². The lowest BCUT2D eigenvalue weighted by Crippen LogP contribution is -2.24. The van der Waals surface area contributed by atoms with Crippen molar-refractivity contribution >= 4 is 21.4 Å². The number of rotatable bonds is 7. The summed E-state index contributed by atoms with van der Waals surface area (Å²) >= 11 is 1.16. The Kier molecular flexibility index (Phi) is 4.86. The second-order valence-corrected chi connectivity index (χ2v) is 7.21. The molecule has 0 spiro atoms. The first-order chi connectivity index (χ1) is 9.56. The maximum atomic E-state index is 12.1. The Morgan fingerprint density at radius 1 is 1.45 bits per heavy atom. The van der Waals surface area contributed by atoms with Crippen molar-refractivity contribution in [2.75, 3.05) is 6.61 Å². The molecule has 2 aromatic heterocycles. The van der Waals surface area contributed by atoms with Crippen LogP contribution in [0.4, 0.5) is 0 Å². The monoisotopic (exact) mass is 316 g/mol. The second-order valence-electron chi connectivity index (χ2n) is 4.05. The molecule has 9 heteroatoms. The van der Waals surface area contributed by atoms with E-state index in [4.69, 9.17) is 5.11 Å². The van der Waals surface area contributed by atoms with Gasteiger partial charge in [-0.25, -0.2) is 13.1 Å². The lowest BCUT2D eigenvalue weighted by molar-refractivity contribution is 0.300. The van der Waals surface area contributed by atoms with E-state index in [0.717, 1.165) is 16.2 Å². The molecule has 0 aliphatic heterocycles. The van der Waals surface area contributed by atoms with Crippen LogP contribution in [0, 0.1) is 0 Å². The first-order valence-corrected chi connectivity index (χ1v) is 8.42. The van der Waals surface area contributed by atoms with Gasteiger partial charge in [-0.2, -0.15) is 0 Å². The summed E-state index contributed by atoms with van der Waals surface area (Å²) in [6.07, 6.45) is 2.03. The van der Waals surface area contributed by atoms with Crippen molar-refractivity contribution in [1.29, 1.82) is 0 Å². The van der Waals surface area contributed by atoms with Gasteiger partial charge in [-0.05, 0) is 19.1 Å². The summed E-state index contributed by atoms with van der Waals surface area (Å²) in [5.41, 5.74) is 0. The quantitative estimate of drug-likeness (QED) is 0.769. The van der Waals surface area contributed by atoms with Gasteiger partial charge >= 0.3 is 0 Å². The fourth-order valence-corrected chi connectivity index (χ4v) is 4.03. The largest absolute Gasteiger partial charge is 0.396 e. The number of aliphatic hydroxyl groups is 1. The van der Waals surface area contributed by atoms with Gasteiger partial charge < -0.3 is 9.67 Å². The highest BCUT2D eigenvalue weighted by molar-refractivity contribution is 7.91. The average Bonchev–Trinajstić information content (AvgIpc) is 3.05. The number of aliphatic hydroxyl groups excluding tert-OH is 1. The fraction of sp³-hybridized carbons (Fsp3) is 0.455. The molecule has 0 saturated heterocycles. The van der Waals surface area contributed by atoms with Crippen LogP contribution in [0.25, 0.3) is 0 Å². The van der Waals surface area contributed by atoms with E-state index in [1.54, 1.807) is 23.0 Å². The molecular formula is C11H16N4O3S2. The van der Waals surface area contributed by atoms with Crippen LogP contribution in [0.5, 0.6) is 0 Å². The van der Waals surface area contributed by atoms with Crippen molar-refractivity contribution < 1.29 is 13.5 Å². The minimum absolute atomic E-state index is 0.00698. The minimum Gasteiger partial charge on any atom is -0.396 e.